The zero-order valence-electron chi connectivity index (χ0n) is 16.4. The van der Waals surface area contributed by atoms with Crippen LogP contribution in [0.4, 0.5) is 5.69 Å². The third-order valence-electron chi connectivity index (χ3n) is 2.87. The van der Waals surface area contributed by atoms with E-state index in [1.165, 1.54) is 9.80 Å². The minimum atomic E-state index is -4.94. The Hall–Kier alpha value is -0.550. The molecule has 0 saturated carbocycles. The van der Waals surface area contributed by atoms with Crippen molar-refractivity contribution in [3.63, 3.8) is 0 Å². The van der Waals surface area contributed by atoms with Gasteiger partial charge in [0.2, 0.25) is 5.91 Å². The normalized spacial score (nSPS) is 11.6. The minimum absolute atomic E-state index is 0.0192. The Kier molecular flexibility index (Phi) is 15.3. The lowest BCUT2D eigenvalue weighted by Gasteiger charge is -2.20. The summed E-state index contributed by atoms with van der Waals surface area (Å²) in [6.07, 6.45) is 0. The Labute approximate surface area is 187 Å². The van der Waals surface area contributed by atoms with Crippen LogP contribution < -0.4 is 52.4 Å². The average Bonchev–Trinajstić information content (AvgIpc) is 2.46. The number of amides is 1. The largest absolute Gasteiger partial charge is 0.339 e. The van der Waals surface area contributed by atoms with Crippen LogP contribution in [0.2, 0.25) is 10.0 Å². The van der Waals surface area contributed by atoms with Crippen molar-refractivity contribution < 1.29 is 72.4 Å². The molecule has 1 aromatic rings. The Bertz CT molecular complexity index is 606. The van der Waals surface area contributed by atoms with Crippen LogP contribution in [0.15, 0.2) is 18.2 Å². The van der Waals surface area contributed by atoms with Gasteiger partial charge in [0.25, 0.3) is 0 Å². The van der Waals surface area contributed by atoms with Gasteiger partial charge in [0.1, 0.15) is 5.92 Å². The van der Waals surface area contributed by atoms with E-state index in [1.807, 2.05) is 28.2 Å². The first-order chi connectivity index (χ1) is 13.3. The highest BCUT2D eigenvalue weighted by Crippen LogP contribution is 2.25. The molecule has 30 heavy (non-hydrogen) atoms. The lowest BCUT2D eigenvalue weighted by atomic mass is 10.1. The summed E-state index contributed by atoms with van der Waals surface area (Å²) >= 11 is 11.8. The number of carbonyl (C=O) groups is 1. The summed E-state index contributed by atoms with van der Waals surface area (Å²) in [5.74, 6) is -0.0229. The van der Waals surface area contributed by atoms with Gasteiger partial charge in [-0.15, -0.1) is 20.5 Å². The molecule has 176 valence electrons. The highest BCUT2D eigenvalue weighted by Gasteiger charge is 2.24. The van der Waals surface area contributed by atoms with Crippen molar-refractivity contribution in [3.8, 4) is 0 Å². The average molecular weight is 519 g/mol. The highest BCUT2D eigenvalue weighted by atomic mass is 35.7. The molecule has 0 saturated heterocycles. The molecular weight excluding hydrogens is 496 g/mol. The van der Waals surface area contributed by atoms with E-state index in [9.17, 15) is 4.79 Å². The molecule has 3 N–H and O–H groups in total. The fraction of sp³-hybridized carbons (Fsp3) is 0.500. The quantitative estimate of drug-likeness (QED) is 0.324. The van der Waals surface area contributed by atoms with Crippen molar-refractivity contribution >= 4 is 34.8 Å². The van der Waals surface area contributed by atoms with Crippen molar-refractivity contribution in [2.75, 3.05) is 46.6 Å². The van der Waals surface area contributed by atoms with E-state index in [0.717, 1.165) is 13.1 Å². The third-order valence-corrected chi connectivity index (χ3v) is 3.61. The van der Waals surface area contributed by atoms with E-state index >= 15 is 0 Å². The van der Waals surface area contributed by atoms with Gasteiger partial charge in [0.05, 0.1) is 51.3 Å². The van der Waals surface area contributed by atoms with E-state index in [-0.39, 0.29) is 11.8 Å². The number of carbonyl (C=O) groups excluding carboxylic acids is 1. The van der Waals surface area contributed by atoms with Crippen LogP contribution >= 0.6 is 23.2 Å². The van der Waals surface area contributed by atoms with Crippen LogP contribution in [0, 0.1) is 26.4 Å². The monoisotopic (exact) mass is 517 g/mol. The second-order valence-electron chi connectivity index (χ2n) is 6.39. The number of benzene rings is 1. The number of hydrogen-bond donors (Lipinski definition) is 3. The second kappa shape index (κ2) is 14.5. The second-order valence-corrected chi connectivity index (χ2v) is 8.72. The molecule has 12 nitrogen and oxygen atoms in total. The molecule has 0 radical (unpaired) electrons. The Morgan fingerprint density at radius 2 is 1.23 bits per heavy atom. The number of hydrogen-bond acceptors (Lipinski definition) is 9. The SMILES string of the molecule is C[NH+](C)CC(C[NH+](C)C)C(=O)Nc1ccc(Cl)c(Cl)c1.[O-][Cl+3]([O-])([O-])[O-].[O-][Cl+3]([O-])([O-])[O-]. The molecule has 0 fully saturated rings. The molecule has 0 aromatic heterocycles. The van der Waals surface area contributed by atoms with Gasteiger partial charge in [-0.2, -0.15) is 0 Å². The van der Waals surface area contributed by atoms with E-state index in [0.29, 0.717) is 15.7 Å². The number of halogens is 4. The third kappa shape index (κ3) is 23.7. The fourth-order valence-corrected chi connectivity index (χ4v) is 2.36. The zero-order valence-corrected chi connectivity index (χ0v) is 19.4. The van der Waals surface area contributed by atoms with Gasteiger partial charge in [-0.1, -0.05) is 23.2 Å². The molecule has 16 heteroatoms. The number of quaternary nitrogens is 2. The summed E-state index contributed by atoms with van der Waals surface area (Å²) < 4.78 is 67.9. The summed E-state index contributed by atoms with van der Waals surface area (Å²) in [6, 6.07) is 5.11. The van der Waals surface area contributed by atoms with E-state index in [2.05, 4.69) is 5.32 Å². The Morgan fingerprint density at radius 1 is 0.867 bits per heavy atom. The predicted molar refractivity (Wildman–Crippen MR) is 83.9 cm³/mol. The maximum atomic E-state index is 12.4. The van der Waals surface area contributed by atoms with Gasteiger partial charge < -0.3 is 15.1 Å². The number of nitrogens with one attached hydrogen (secondary N) is 3. The summed E-state index contributed by atoms with van der Waals surface area (Å²) in [5, 5.41) is 3.84. The van der Waals surface area contributed by atoms with Gasteiger partial charge >= 0.3 is 0 Å². The number of rotatable bonds is 6. The molecule has 0 aliphatic heterocycles. The van der Waals surface area contributed by atoms with Crippen LogP contribution in [0.5, 0.6) is 0 Å². The molecule has 0 heterocycles. The van der Waals surface area contributed by atoms with E-state index < -0.39 is 20.5 Å². The molecule has 1 aromatic carbocycles. The maximum absolute atomic E-state index is 12.4. The Balaban J connectivity index is 0. The smallest absolute Gasteiger partial charge is 0.238 e. The molecule has 1 rings (SSSR count). The van der Waals surface area contributed by atoms with Crippen LogP contribution in [0.1, 0.15) is 0 Å². The summed E-state index contributed by atoms with van der Waals surface area (Å²) in [4.78, 5) is 14.9. The van der Waals surface area contributed by atoms with Crippen molar-refractivity contribution in [2.45, 2.75) is 0 Å². The summed E-state index contributed by atoms with van der Waals surface area (Å²) in [7, 11) is -1.70. The summed E-state index contributed by atoms with van der Waals surface area (Å²) in [6.45, 7) is 1.58. The van der Waals surface area contributed by atoms with Gasteiger partial charge in [0.15, 0.2) is 0 Å². The topological polar surface area (TPSA) is 222 Å². The van der Waals surface area contributed by atoms with Gasteiger partial charge in [-0.3, -0.25) is 4.79 Å². The van der Waals surface area contributed by atoms with E-state index in [4.69, 9.17) is 60.5 Å². The summed E-state index contributed by atoms with van der Waals surface area (Å²) in [5.41, 5.74) is 0.678. The fourth-order valence-electron chi connectivity index (χ4n) is 2.06. The van der Waals surface area contributed by atoms with Crippen LogP contribution in [-0.4, -0.2) is 47.2 Å². The molecule has 0 aliphatic carbocycles. The van der Waals surface area contributed by atoms with Gasteiger partial charge in [-0.05, 0) is 18.2 Å². The van der Waals surface area contributed by atoms with Gasteiger partial charge in [0, 0.05) is 5.69 Å². The molecule has 0 unspecified atom stereocenters. The number of anilines is 1. The van der Waals surface area contributed by atoms with Crippen LogP contribution in [-0.2, 0) is 4.79 Å². The Morgan fingerprint density at radius 3 is 1.53 bits per heavy atom. The first-order valence-corrected chi connectivity index (χ1v) is 11.1. The minimum Gasteiger partial charge on any atom is -0.339 e. The highest BCUT2D eigenvalue weighted by molar-refractivity contribution is 6.42. The van der Waals surface area contributed by atoms with Crippen molar-refractivity contribution in [1.82, 2.24) is 0 Å². The van der Waals surface area contributed by atoms with Crippen LogP contribution in [0.3, 0.4) is 0 Å². The van der Waals surface area contributed by atoms with Crippen molar-refractivity contribution in [3.05, 3.63) is 28.2 Å². The lowest BCUT2D eigenvalue weighted by Crippen LogP contribution is -3.10. The standard InChI is InChI=1S/C14H21Cl2N3O.2ClHO4/c1-18(2)8-10(9-19(3)4)14(20)17-11-5-6-12(15)13(16)7-11;2*2-1(3,4)5/h5-7,10H,8-9H2,1-4H3,(H,17,20);2*(H,2,3,4,5). The first kappa shape index (κ1) is 31.6. The molecule has 0 bridgehead atoms. The first-order valence-electron chi connectivity index (χ1n) is 7.87. The van der Waals surface area contributed by atoms with Gasteiger partial charge in [-0.25, -0.2) is 37.3 Å². The molecule has 0 atom stereocenters. The van der Waals surface area contributed by atoms with Crippen molar-refractivity contribution in [2.24, 2.45) is 5.92 Å². The lowest BCUT2D eigenvalue weighted by molar-refractivity contribution is -2.00. The van der Waals surface area contributed by atoms with E-state index in [1.54, 1.807) is 18.2 Å². The van der Waals surface area contributed by atoms with Crippen LogP contribution in [0.25, 0.3) is 0 Å². The molecule has 0 aliphatic rings. The molecule has 0 spiro atoms. The predicted octanol–water partition coefficient (Wildman–Crippen LogP) is -9.67. The molecular formula is C14H23Cl4N3O9. The molecule has 1 amide bonds. The zero-order chi connectivity index (χ0) is 24.3. The maximum Gasteiger partial charge on any atom is 0.238 e. The van der Waals surface area contributed by atoms with Crippen molar-refractivity contribution in [1.29, 1.82) is 0 Å².